The molecule has 1 heterocycles. The molecule has 2 rings (SSSR count). The SMILES string of the molecule is N[C@@H](c1ccc(N2CCCC2)cc1)C(F)F. The van der Waals surface area contributed by atoms with Crippen molar-refractivity contribution < 1.29 is 8.78 Å². The molecule has 0 amide bonds. The average Bonchev–Trinajstić information content (AvgIpc) is 2.81. The molecule has 16 heavy (non-hydrogen) atoms. The maximum atomic E-state index is 12.4. The van der Waals surface area contributed by atoms with Crippen molar-refractivity contribution in [2.24, 2.45) is 5.73 Å². The summed E-state index contributed by atoms with van der Waals surface area (Å²) in [6.45, 7) is 2.11. The normalized spacial score (nSPS) is 18.1. The Labute approximate surface area is 94.0 Å². The number of rotatable bonds is 3. The summed E-state index contributed by atoms with van der Waals surface area (Å²) in [5.41, 5.74) is 6.98. The van der Waals surface area contributed by atoms with Gasteiger partial charge in [0.2, 0.25) is 0 Å². The third kappa shape index (κ3) is 2.32. The van der Waals surface area contributed by atoms with Crippen LogP contribution in [0.1, 0.15) is 24.4 Å². The molecule has 88 valence electrons. The molecule has 1 aliphatic heterocycles. The molecule has 1 atom stereocenters. The van der Waals surface area contributed by atoms with Gasteiger partial charge in [-0.25, -0.2) is 8.78 Å². The molecule has 1 fully saturated rings. The summed E-state index contributed by atoms with van der Waals surface area (Å²) >= 11 is 0. The van der Waals surface area contributed by atoms with Crippen molar-refractivity contribution in [2.75, 3.05) is 18.0 Å². The molecule has 1 aromatic rings. The number of nitrogens with zero attached hydrogens (tertiary/aromatic N) is 1. The highest BCUT2D eigenvalue weighted by Gasteiger charge is 2.18. The summed E-state index contributed by atoms with van der Waals surface area (Å²) in [7, 11) is 0. The van der Waals surface area contributed by atoms with E-state index in [9.17, 15) is 8.78 Å². The number of halogens is 2. The van der Waals surface area contributed by atoms with Crippen molar-refractivity contribution in [2.45, 2.75) is 25.3 Å². The summed E-state index contributed by atoms with van der Waals surface area (Å²) in [4.78, 5) is 2.26. The molecule has 0 saturated carbocycles. The van der Waals surface area contributed by atoms with E-state index < -0.39 is 12.5 Å². The smallest absolute Gasteiger partial charge is 0.257 e. The Morgan fingerprint density at radius 1 is 1.06 bits per heavy atom. The van der Waals surface area contributed by atoms with Gasteiger partial charge in [0, 0.05) is 18.8 Å². The first-order chi connectivity index (χ1) is 7.68. The Hall–Kier alpha value is -1.16. The van der Waals surface area contributed by atoms with Crippen LogP contribution >= 0.6 is 0 Å². The van der Waals surface area contributed by atoms with Crippen LogP contribution in [0, 0.1) is 0 Å². The van der Waals surface area contributed by atoms with Crippen LogP contribution in [0.15, 0.2) is 24.3 Å². The van der Waals surface area contributed by atoms with Crippen LogP contribution in [0.5, 0.6) is 0 Å². The minimum atomic E-state index is -2.50. The summed E-state index contributed by atoms with van der Waals surface area (Å²) in [6.07, 6.45) is -0.0889. The summed E-state index contributed by atoms with van der Waals surface area (Å²) < 4.78 is 24.8. The molecule has 1 aliphatic rings. The van der Waals surface area contributed by atoms with Crippen molar-refractivity contribution in [3.63, 3.8) is 0 Å². The molecule has 0 aliphatic carbocycles. The van der Waals surface area contributed by atoms with Gasteiger partial charge in [-0.3, -0.25) is 0 Å². The van der Waals surface area contributed by atoms with Crippen molar-refractivity contribution in [1.29, 1.82) is 0 Å². The Morgan fingerprint density at radius 3 is 2.12 bits per heavy atom. The minimum Gasteiger partial charge on any atom is -0.372 e. The van der Waals surface area contributed by atoms with E-state index in [4.69, 9.17) is 5.73 Å². The topological polar surface area (TPSA) is 29.3 Å². The maximum Gasteiger partial charge on any atom is 0.257 e. The summed E-state index contributed by atoms with van der Waals surface area (Å²) in [5.74, 6) is 0. The standard InChI is InChI=1S/C12H16F2N2/c13-12(14)11(15)9-3-5-10(6-4-9)16-7-1-2-8-16/h3-6,11-12H,1-2,7-8,15H2/t11-/m0/s1. The van der Waals surface area contributed by atoms with Gasteiger partial charge in [0.05, 0.1) is 6.04 Å². The fourth-order valence-corrected chi connectivity index (χ4v) is 2.03. The predicted molar refractivity (Wildman–Crippen MR) is 60.8 cm³/mol. The molecule has 0 bridgehead atoms. The van der Waals surface area contributed by atoms with E-state index in [2.05, 4.69) is 4.90 Å². The summed E-state index contributed by atoms with van der Waals surface area (Å²) in [6, 6.07) is 5.98. The minimum absolute atomic E-state index is 0.498. The van der Waals surface area contributed by atoms with E-state index in [1.54, 1.807) is 12.1 Å². The third-order valence-corrected chi connectivity index (χ3v) is 3.02. The fraction of sp³-hybridized carbons (Fsp3) is 0.500. The van der Waals surface area contributed by atoms with Crippen molar-refractivity contribution in [3.8, 4) is 0 Å². The van der Waals surface area contributed by atoms with Gasteiger partial charge in [-0.2, -0.15) is 0 Å². The van der Waals surface area contributed by atoms with Gasteiger partial charge in [0.15, 0.2) is 0 Å². The number of benzene rings is 1. The Bertz CT molecular complexity index is 310. The van der Waals surface area contributed by atoms with E-state index >= 15 is 0 Å². The lowest BCUT2D eigenvalue weighted by atomic mass is 10.1. The third-order valence-electron chi connectivity index (χ3n) is 3.02. The van der Waals surface area contributed by atoms with E-state index in [1.165, 1.54) is 12.8 Å². The monoisotopic (exact) mass is 226 g/mol. The molecular formula is C12H16F2N2. The van der Waals surface area contributed by atoms with E-state index in [1.807, 2.05) is 12.1 Å². The quantitative estimate of drug-likeness (QED) is 0.858. The van der Waals surface area contributed by atoms with Gasteiger partial charge in [-0.05, 0) is 30.5 Å². The second-order valence-corrected chi connectivity index (χ2v) is 4.15. The predicted octanol–water partition coefficient (Wildman–Crippen LogP) is 2.55. The van der Waals surface area contributed by atoms with Crippen LogP contribution in [-0.4, -0.2) is 19.5 Å². The molecule has 0 aromatic heterocycles. The van der Waals surface area contributed by atoms with Crippen LogP contribution in [-0.2, 0) is 0 Å². The molecule has 1 saturated heterocycles. The largest absolute Gasteiger partial charge is 0.372 e. The van der Waals surface area contributed by atoms with Crippen LogP contribution in [0.4, 0.5) is 14.5 Å². The van der Waals surface area contributed by atoms with Gasteiger partial charge < -0.3 is 10.6 Å². The highest BCUT2D eigenvalue weighted by Crippen LogP contribution is 2.24. The van der Waals surface area contributed by atoms with E-state index in [0.717, 1.165) is 18.8 Å². The lowest BCUT2D eigenvalue weighted by Crippen LogP contribution is -2.20. The first kappa shape index (κ1) is 11.3. The number of hydrogen-bond acceptors (Lipinski definition) is 2. The Morgan fingerprint density at radius 2 is 1.62 bits per heavy atom. The zero-order valence-electron chi connectivity index (χ0n) is 9.07. The van der Waals surface area contributed by atoms with Crippen LogP contribution in [0.25, 0.3) is 0 Å². The molecule has 1 aromatic carbocycles. The molecular weight excluding hydrogens is 210 g/mol. The number of alkyl halides is 2. The van der Waals surface area contributed by atoms with Gasteiger partial charge in [-0.15, -0.1) is 0 Å². The molecule has 0 spiro atoms. The first-order valence-corrected chi connectivity index (χ1v) is 5.57. The zero-order chi connectivity index (χ0) is 11.5. The molecule has 0 unspecified atom stereocenters. The van der Waals surface area contributed by atoms with Crippen molar-refractivity contribution >= 4 is 5.69 Å². The molecule has 2 N–H and O–H groups in total. The highest BCUT2D eigenvalue weighted by molar-refractivity contribution is 5.48. The fourth-order valence-electron chi connectivity index (χ4n) is 2.03. The van der Waals surface area contributed by atoms with Gasteiger partial charge >= 0.3 is 0 Å². The number of anilines is 1. The number of hydrogen-bond donors (Lipinski definition) is 1. The van der Waals surface area contributed by atoms with Gasteiger partial charge in [-0.1, -0.05) is 12.1 Å². The molecule has 2 nitrogen and oxygen atoms in total. The Kier molecular flexibility index (Phi) is 3.39. The zero-order valence-corrected chi connectivity index (χ0v) is 9.07. The summed E-state index contributed by atoms with van der Waals surface area (Å²) in [5, 5.41) is 0. The maximum absolute atomic E-state index is 12.4. The average molecular weight is 226 g/mol. The van der Waals surface area contributed by atoms with Crippen LogP contribution in [0.2, 0.25) is 0 Å². The van der Waals surface area contributed by atoms with Crippen LogP contribution < -0.4 is 10.6 Å². The van der Waals surface area contributed by atoms with E-state index in [0.29, 0.717) is 5.56 Å². The van der Waals surface area contributed by atoms with Crippen LogP contribution in [0.3, 0.4) is 0 Å². The lowest BCUT2D eigenvalue weighted by Gasteiger charge is -2.18. The van der Waals surface area contributed by atoms with Crippen molar-refractivity contribution in [3.05, 3.63) is 29.8 Å². The lowest BCUT2D eigenvalue weighted by molar-refractivity contribution is 0.116. The van der Waals surface area contributed by atoms with Gasteiger partial charge in [0.25, 0.3) is 6.43 Å². The highest BCUT2D eigenvalue weighted by atomic mass is 19.3. The van der Waals surface area contributed by atoms with Gasteiger partial charge in [0.1, 0.15) is 0 Å². The number of nitrogens with two attached hydrogens (primary N) is 1. The molecule has 4 heteroatoms. The second-order valence-electron chi connectivity index (χ2n) is 4.15. The van der Waals surface area contributed by atoms with E-state index in [-0.39, 0.29) is 0 Å². The Balaban J connectivity index is 2.09. The second kappa shape index (κ2) is 4.78. The van der Waals surface area contributed by atoms with Crippen molar-refractivity contribution in [1.82, 2.24) is 0 Å². The first-order valence-electron chi connectivity index (χ1n) is 5.57. The molecule has 0 radical (unpaired) electrons.